The van der Waals surface area contributed by atoms with Crippen molar-refractivity contribution in [3.63, 3.8) is 0 Å². The van der Waals surface area contributed by atoms with Crippen molar-refractivity contribution in [3.8, 4) is 11.3 Å². The summed E-state index contributed by atoms with van der Waals surface area (Å²) < 4.78 is 1.82. The smallest absolute Gasteiger partial charge is 0.276 e. The maximum Gasteiger partial charge on any atom is 0.276 e. The normalized spacial score (nSPS) is 17.6. The van der Waals surface area contributed by atoms with E-state index in [0.29, 0.717) is 23.9 Å². The van der Waals surface area contributed by atoms with Crippen molar-refractivity contribution in [2.75, 3.05) is 13.1 Å². The molecule has 3 aromatic rings. The summed E-state index contributed by atoms with van der Waals surface area (Å²) in [6, 6.07) is 9.64. The average Bonchev–Trinajstić information content (AvgIpc) is 3.34. The van der Waals surface area contributed by atoms with Crippen molar-refractivity contribution >= 4 is 5.91 Å². The highest BCUT2D eigenvalue weighted by atomic mass is 16.2. The lowest BCUT2D eigenvalue weighted by atomic mass is 9.97. The molecule has 1 amide bonds. The van der Waals surface area contributed by atoms with Gasteiger partial charge in [0.2, 0.25) is 0 Å². The molecule has 8 nitrogen and oxygen atoms in total. The van der Waals surface area contributed by atoms with Gasteiger partial charge in [-0.15, -0.1) is 5.10 Å². The fraction of sp³-hybridized carbons (Fsp3) is 0.353. The number of likely N-dealkylation sites (tertiary alicyclic amines) is 1. The number of rotatable bonds is 4. The molecule has 25 heavy (non-hydrogen) atoms. The monoisotopic (exact) mass is 337 g/mol. The third kappa shape index (κ3) is 3.28. The highest BCUT2D eigenvalue weighted by Crippen LogP contribution is 2.24. The minimum absolute atomic E-state index is 0.0732. The lowest BCUT2D eigenvalue weighted by Crippen LogP contribution is -2.41. The Balaban J connectivity index is 1.50. The van der Waals surface area contributed by atoms with Gasteiger partial charge in [0.1, 0.15) is 5.69 Å². The standard InChI is InChI=1S/C17H19N7O/c25-17(16-15(19-21-20-16)14-6-2-1-3-7-14)23-9-4-5-13(11-23)12-24-10-8-18-22-24/h1-3,6-8,10,13H,4-5,9,11-12H2,(H,19,20,21). The van der Waals surface area contributed by atoms with Crippen LogP contribution < -0.4 is 0 Å². The predicted octanol–water partition coefficient (Wildman–Crippen LogP) is 1.62. The minimum Gasteiger partial charge on any atom is -0.337 e. The second-order valence-electron chi connectivity index (χ2n) is 6.27. The van der Waals surface area contributed by atoms with Crippen LogP contribution in [0.15, 0.2) is 42.7 Å². The van der Waals surface area contributed by atoms with E-state index in [1.165, 1.54) is 0 Å². The van der Waals surface area contributed by atoms with Gasteiger partial charge in [-0.25, -0.2) is 0 Å². The van der Waals surface area contributed by atoms with Gasteiger partial charge in [0, 0.05) is 31.4 Å². The van der Waals surface area contributed by atoms with Crippen LogP contribution in [0.3, 0.4) is 0 Å². The number of aromatic amines is 1. The first-order chi connectivity index (χ1) is 12.3. The molecule has 0 spiro atoms. The lowest BCUT2D eigenvalue weighted by molar-refractivity contribution is 0.0654. The quantitative estimate of drug-likeness (QED) is 0.781. The summed E-state index contributed by atoms with van der Waals surface area (Å²) in [6.45, 7) is 2.21. The van der Waals surface area contributed by atoms with Crippen molar-refractivity contribution in [3.05, 3.63) is 48.4 Å². The first-order valence-corrected chi connectivity index (χ1v) is 8.41. The molecule has 1 aliphatic rings. The van der Waals surface area contributed by atoms with Crippen LogP contribution in [0.5, 0.6) is 0 Å². The van der Waals surface area contributed by atoms with Crippen molar-refractivity contribution < 1.29 is 4.79 Å². The first-order valence-electron chi connectivity index (χ1n) is 8.41. The number of H-pyrrole nitrogens is 1. The number of piperidine rings is 1. The topological polar surface area (TPSA) is 92.6 Å². The highest BCUT2D eigenvalue weighted by molar-refractivity contribution is 5.97. The van der Waals surface area contributed by atoms with Crippen molar-refractivity contribution in [1.82, 2.24) is 35.3 Å². The molecule has 0 saturated carbocycles. The summed E-state index contributed by atoms with van der Waals surface area (Å²) >= 11 is 0. The summed E-state index contributed by atoms with van der Waals surface area (Å²) in [5.74, 6) is 0.294. The van der Waals surface area contributed by atoms with Gasteiger partial charge in [-0.2, -0.15) is 15.4 Å². The molecule has 0 radical (unpaired) electrons. The summed E-state index contributed by atoms with van der Waals surface area (Å²) in [6.07, 6.45) is 5.58. The van der Waals surface area contributed by atoms with E-state index in [9.17, 15) is 4.79 Å². The zero-order chi connectivity index (χ0) is 17.1. The molecule has 1 aliphatic heterocycles. The molecule has 0 aliphatic carbocycles. The minimum atomic E-state index is -0.0732. The molecule has 1 fully saturated rings. The summed E-state index contributed by atoms with van der Waals surface area (Å²) in [7, 11) is 0. The second-order valence-corrected chi connectivity index (χ2v) is 6.27. The summed E-state index contributed by atoms with van der Waals surface area (Å²) in [5.41, 5.74) is 1.87. The molecular formula is C17H19N7O. The largest absolute Gasteiger partial charge is 0.337 e. The Labute approximate surface area is 144 Å². The number of nitrogens with zero attached hydrogens (tertiary/aromatic N) is 6. The SMILES string of the molecule is O=C(c1n[nH]nc1-c1ccccc1)N1CCCC(Cn2ccnn2)C1. The number of carbonyl (C=O) groups excluding carboxylic acids is 1. The maximum atomic E-state index is 13.0. The Morgan fingerprint density at radius 3 is 2.92 bits per heavy atom. The van der Waals surface area contributed by atoms with Crippen LogP contribution in [0.1, 0.15) is 23.3 Å². The van der Waals surface area contributed by atoms with Crippen LogP contribution in [0, 0.1) is 5.92 Å². The third-order valence-electron chi connectivity index (χ3n) is 4.52. The van der Waals surface area contributed by atoms with Crippen molar-refractivity contribution in [2.45, 2.75) is 19.4 Å². The fourth-order valence-electron chi connectivity index (χ4n) is 3.32. The molecule has 3 heterocycles. The number of hydrogen-bond donors (Lipinski definition) is 1. The van der Waals surface area contributed by atoms with Gasteiger partial charge in [0.05, 0.1) is 6.20 Å². The van der Waals surface area contributed by atoms with E-state index in [1.54, 1.807) is 6.20 Å². The van der Waals surface area contributed by atoms with E-state index in [-0.39, 0.29) is 5.91 Å². The Morgan fingerprint density at radius 1 is 1.24 bits per heavy atom. The molecule has 1 atom stereocenters. The van der Waals surface area contributed by atoms with E-state index in [2.05, 4.69) is 25.7 Å². The van der Waals surface area contributed by atoms with Crippen LogP contribution in [0.25, 0.3) is 11.3 Å². The van der Waals surface area contributed by atoms with Crippen molar-refractivity contribution in [2.24, 2.45) is 5.92 Å². The second kappa shape index (κ2) is 6.84. The molecule has 4 rings (SSSR count). The van der Waals surface area contributed by atoms with E-state index in [0.717, 1.165) is 31.5 Å². The Hall–Kier alpha value is -3.03. The number of amides is 1. The molecule has 1 aromatic carbocycles. The van der Waals surface area contributed by atoms with E-state index in [4.69, 9.17) is 0 Å². The Kier molecular flexibility index (Phi) is 4.24. The van der Waals surface area contributed by atoms with Crippen LogP contribution in [0.2, 0.25) is 0 Å². The van der Waals surface area contributed by atoms with Crippen LogP contribution in [0.4, 0.5) is 0 Å². The highest BCUT2D eigenvalue weighted by Gasteiger charge is 2.28. The van der Waals surface area contributed by atoms with Gasteiger partial charge in [-0.3, -0.25) is 9.48 Å². The Morgan fingerprint density at radius 2 is 2.12 bits per heavy atom. The maximum absolute atomic E-state index is 13.0. The molecule has 0 bridgehead atoms. The molecular weight excluding hydrogens is 318 g/mol. The summed E-state index contributed by atoms with van der Waals surface area (Å²) in [4.78, 5) is 14.8. The van der Waals surface area contributed by atoms with Gasteiger partial charge in [-0.05, 0) is 18.8 Å². The summed E-state index contributed by atoms with van der Waals surface area (Å²) in [5, 5.41) is 18.7. The van der Waals surface area contributed by atoms with Gasteiger partial charge >= 0.3 is 0 Å². The lowest BCUT2D eigenvalue weighted by Gasteiger charge is -2.32. The van der Waals surface area contributed by atoms with E-state index in [1.807, 2.05) is 46.1 Å². The first kappa shape index (κ1) is 15.5. The van der Waals surface area contributed by atoms with Crippen LogP contribution in [-0.2, 0) is 6.54 Å². The molecule has 1 saturated heterocycles. The fourth-order valence-corrected chi connectivity index (χ4v) is 3.32. The predicted molar refractivity (Wildman–Crippen MR) is 90.5 cm³/mol. The average molecular weight is 337 g/mol. The van der Waals surface area contributed by atoms with Crippen LogP contribution >= 0.6 is 0 Å². The zero-order valence-electron chi connectivity index (χ0n) is 13.7. The van der Waals surface area contributed by atoms with Gasteiger partial charge in [-0.1, -0.05) is 35.5 Å². The number of nitrogens with one attached hydrogen (secondary N) is 1. The molecule has 1 unspecified atom stereocenters. The third-order valence-corrected chi connectivity index (χ3v) is 4.52. The van der Waals surface area contributed by atoms with Gasteiger partial charge < -0.3 is 4.90 Å². The van der Waals surface area contributed by atoms with Gasteiger partial charge in [0.15, 0.2) is 5.69 Å². The van der Waals surface area contributed by atoms with Crippen molar-refractivity contribution in [1.29, 1.82) is 0 Å². The number of hydrogen-bond acceptors (Lipinski definition) is 5. The van der Waals surface area contributed by atoms with Gasteiger partial charge in [0.25, 0.3) is 5.91 Å². The molecule has 128 valence electrons. The van der Waals surface area contributed by atoms with E-state index < -0.39 is 0 Å². The molecule has 2 aromatic heterocycles. The molecule has 8 heteroatoms. The number of benzene rings is 1. The zero-order valence-corrected chi connectivity index (χ0v) is 13.7. The number of carbonyl (C=O) groups is 1. The van der Waals surface area contributed by atoms with Crippen LogP contribution in [-0.4, -0.2) is 54.3 Å². The number of aromatic nitrogens is 6. The van der Waals surface area contributed by atoms with E-state index >= 15 is 0 Å². The Bertz CT molecular complexity index is 828. The molecule has 1 N–H and O–H groups in total.